The van der Waals surface area contributed by atoms with E-state index in [2.05, 4.69) is 26.2 Å². The number of para-hydroxylation sites is 1. The van der Waals surface area contributed by atoms with E-state index in [-0.39, 0.29) is 5.91 Å². The van der Waals surface area contributed by atoms with E-state index in [1.165, 1.54) is 11.8 Å². The van der Waals surface area contributed by atoms with Crippen LogP contribution < -0.4 is 15.1 Å². The molecular weight excluding hydrogens is 537 g/mol. The van der Waals surface area contributed by atoms with Crippen molar-refractivity contribution >= 4 is 58.1 Å². The van der Waals surface area contributed by atoms with Crippen molar-refractivity contribution in [1.29, 1.82) is 0 Å². The van der Waals surface area contributed by atoms with Gasteiger partial charge in [-0.25, -0.2) is 9.97 Å². The number of carbonyl (C=O) groups excluding carboxylic acids is 1. The first kappa shape index (κ1) is 26.4. The van der Waals surface area contributed by atoms with Gasteiger partial charge in [0.05, 0.1) is 10.7 Å². The third-order valence-corrected chi connectivity index (χ3v) is 7.78. The highest BCUT2D eigenvalue weighted by atomic mass is 35.5. The Kier molecular flexibility index (Phi) is 8.37. The number of piperazine rings is 1. The van der Waals surface area contributed by atoms with Crippen molar-refractivity contribution in [1.82, 2.24) is 9.97 Å². The van der Waals surface area contributed by atoms with E-state index in [1.54, 1.807) is 0 Å². The van der Waals surface area contributed by atoms with Crippen LogP contribution >= 0.6 is 35.0 Å². The van der Waals surface area contributed by atoms with Crippen LogP contribution in [0.4, 0.5) is 17.2 Å². The van der Waals surface area contributed by atoms with Crippen LogP contribution in [-0.2, 0) is 5.75 Å². The van der Waals surface area contributed by atoms with E-state index in [1.807, 2.05) is 79.7 Å². The molecule has 0 aliphatic carbocycles. The molecule has 2 heterocycles. The molecule has 1 saturated heterocycles. The van der Waals surface area contributed by atoms with Gasteiger partial charge in [-0.1, -0.05) is 76.9 Å². The Labute approximate surface area is 237 Å². The van der Waals surface area contributed by atoms with Gasteiger partial charge >= 0.3 is 0 Å². The lowest BCUT2D eigenvalue weighted by atomic mass is 10.1. The first-order chi connectivity index (χ1) is 18.4. The molecule has 0 spiro atoms. The van der Waals surface area contributed by atoms with Gasteiger partial charge < -0.3 is 15.1 Å². The van der Waals surface area contributed by atoms with E-state index < -0.39 is 0 Å². The molecule has 3 aromatic carbocycles. The lowest BCUT2D eigenvalue weighted by Gasteiger charge is -2.37. The normalized spacial score (nSPS) is 13.4. The lowest BCUT2D eigenvalue weighted by molar-refractivity contribution is 0.102. The van der Waals surface area contributed by atoms with E-state index in [0.29, 0.717) is 21.6 Å². The van der Waals surface area contributed by atoms with E-state index in [9.17, 15) is 4.79 Å². The molecule has 1 aliphatic rings. The predicted molar refractivity (Wildman–Crippen MR) is 158 cm³/mol. The number of aromatic nitrogens is 2. The molecular formula is C29H27Cl2N5OS. The van der Waals surface area contributed by atoms with E-state index in [0.717, 1.165) is 59.5 Å². The molecule has 9 heteroatoms. The third-order valence-electron chi connectivity index (χ3n) is 6.35. The first-order valence-corrected chi connectivity index (χ1v) is 14.1. The summed E-state index contributed by atoms with van der Waals surface area (Å²) in [5.74, 6) is 1.36. The van der Waals surface area contributed by atoms with Crippen LogP contribution in [0.2, 0.25) is 10.2 Å². The van der Waals surface area contributed by atoms with Crippen molar-refractivity contribution in [2.45, 2.75) is 17.8 Å². The van der Waals surface area contributed by atoms with Gasteiger partial charge in [0.2, 0.25) is 0 Å². The van der Waals surface area contributed by atoms with E-state index >= 15 is 0 Å². The van der Waals surface area contributed by atoms with Gasteiger partial charge in [-0.2, -0.15) is 0 Å². The molecule has 0 atom stereocenters. The second kappa shape index (κ2) is 12.1. The molecule has 38 heavy (non-hydrogen) atoms. The zero-order valence-corrected chi connectivity index (χ0v) is 23.2. The lowest BCUT2D eigenvalue weighted by Crippen LogP contribution is -2.47. The quantitative estimate of drug-likeness (QED) is 0.149. The van der Waals surface area contributed by atoms with Crippen molar-refractivity contribution in [2.24, 2.45) is 0 Å². The molecule has 0 radical (unpaired) electrons. The highest BCUT2D eigenvalue weighted by Crippen LogP contribution is 2.29. The first-order valence-electron chi connectivity index (χ1n) is 12.3. The molecule has 1 amide bonds. The number of hydrogen-bond donors (Lipinski definition) is 1. The second-order valence-electron chi connectivity index (χ2n) is 9.06. The fourth-order valence-corrected chi connectivity index (χ4v) is 5.53. The van der Waals surface area contributed by atoms with Crippen molar-refractivity contribution in [2.75, 3.05) is 41.3 Å². The molecule has 0 bridgehead atoms. The smallest absolute Gasteiger partial charge is 0.255 e. The number of aryl methyl sites for hydroxylation is 1. The summed E-state index contributed by atoms with van der Waals surface area (Å²) in [4.78, 5) is 26.3. The molecule has 4 aromatic rings. The van der Waals surface area contributed by atoms with Crippen molar-refractivity contribution in [3.63, 3.8) is 0 Å². The molecule has 194 valence electrons. The van der Waals surface area contributed by atoms with Crippen molar-refractivity contribution < 1.29 is 4.79 Å². The number of carbonyl (C=O) groups is 1. The maximum absolute atomic E-state index is 12.6. The number of nitrogens with one attached hydrogen (secondary N) is 1. The molecule has 0 unspecified atom stereocenters. The molecule has 1 N–H and O–H groups in total. The Bertz CT molecular complexity index is 1410. The van der Waals surface area contributed by atoms with Crippen LogP contribution in [0.3, 0.4) is 0 Å². The summed E-state index contributed by atoms with van der Waals surface area (Å²) in [7, 11) is 0. The number of rotatable bonds is 7. The third kappa shape index (κ3) is 6.59. The Morgan fingerprint density at radius 2 is 1.58 bits per heavy atom. The summed E-state index contributed by atoms with van der Waals surface area (Å²) in [6.07, 6.45) is 0. The summed E-state index contributed by atoms with van der Waals surface area (Å²) in [6, 6.07) is 25.1. The zero-order valence-electron chi connectivity index (χ0n) is 20.9. The fourth-order valence-electron chi connectivity index (χ4n) is 4.24. The average molecular weight is 565 g/mol. The minimum Gasteiger partial charge on any atom is -0.367 e. The second-order valence-corrected chi connectivity index (χ2v) is 10.8. The predicted octanol–water partition coefficient (Wildman–Crippen LogP) is 6.96. The minimum absolute atomic E-state index is 0.134. The number of hydrogen-bond acceptors (Lipinski definition) is 6. The molecule has 0 saturated carbocycles. The van der Waals surface area contributed by atoms with Crippen LogP contribution in [-0.4, -0.2) is 42.1 Å². The van der Waals surface area contributed by atoms with Crippen LogP contribution in [0.5, 0.6) is 0 Å². The number of benzene rings is 3. The maximum atomic E-state index is 12.6. The summed E-state index contributed by atoms with van der Waals surface area (Å²) in [5.41, 5.74) is 4.66. The summed E-state index contributed by atoms with van der Waals surface area (Å²) in [5, 5.41) is 4.75. The highest BCUT2D eigenvalue weighted by Gasteiger charge is 2.21. The van der Waals surface area contributed by atoms with Gasteiger partial charge in [-0.3, -0.25) is 4.79 Å². The van der Waals surface area contributed by atoms with Crippen LogP contribution in [0.25, 0.3) is 0 Å². The number of thioether (sulfide) groups is 1. The Morgan fingerprint density at radius 1 is 0.895 bits per heavy atom. The molecule has 1 fully saturated rings. The number of anilines is 3. The van der Waals surface area contributed by atoms with Gasteiger partial charge in [-0.05, 0) is 48.9 Å². The molecule has 1 aromatic heterocycles. The Morgan fingerprint density at radius 3 is 2.29 bits per heavy atom. The topological polar surface area (TPSA) is 61.4 Å². The van der Waals surface area contributed by atoms with Gasteiger partial charge in [0.25, 0.3) is 5.91 Å². The van der Waals surface area contributed by atoms with Gasteiger partial charge in [0, 0.05) is 49.2 Å². The van der Waals surface area contributed by atoms with Gasteiger partial charge in [-0.15, -0.1) is 0 Å². The summed E-state index contributed by atoms with van der Waals surface area (Å²) >= 11 is 14.3. The molecule has 1 aliphatic heterocycles. The summed E-state index contributed by atoms with van der Waals surface area (Å²) in [6.45, 7) is 5.33. The Hall–Kier alpha value is -3.26. The monoisotopic (exact) mass is 563 g/mol. The zero-order chi connectivity index (χ0) is 26.5. The number of halogens is 2. The SMILES string of the molecule is Cc1ccc(NC(=O)c2ccc(CSc3nc(Cl)cc(N4CCN(c5ccccc5Cl)CC4)n3)cc2)cc1. The number of nitrogens with zero attached hydrogens (tertiary/aromatic N) is 4. The minimum atomic E-state index is -0.134. The van der Waals surface area contributed by atoms with Gasteiger partial charge in [0.1, 0.15) is 11.0 Å². The Balaban J connectivity index is 1.17. The highest BCUT2D eigenvalue weighted by molar-refractivity contribution is 7.98. The van der Waals surface area contributed by atoms with Crippen molar-refractivity contribution in [3.05, 3.63) is 106 Å². The van der Waals surface area contributed by atoms with E-state index in [4.69, 9.17) is 28.2 Å². The largest absolute Gasteiger partial charge is 0.367 e. The van der Waals surface area contributed by atoms with Crippen LogP contribution in [0.15, 0.2) is 84.0 Å². The maximum Gasteiger partial charge on any atom is 0.255 e. The molecule has 6 nitrogen and oxygen atoms in total. The van der Waals surface area contributed by atoms with Crippen LogP contribution in [0, 0.1) is 6.92 Å². The standard InChI is InChI=1S/C29H27Cl2N5OS/c1-20-6-12-23(13-7-20)32-28(37)22-10-8-21(9-11-22)19-38-29-33-26(31)18-27(34-29)36-16-14-35(15-17-36)25-5-3-2-4-24(25)30/h2-13,18H,14-17,19H2,1H3,(H,32,37). The fraction of sp³-hybridized carbons (Fsp3) is 0.207. The molecule has 5 rings (SSSR count). The number of amides is 1. The van der Waals surface area contributed by atoms with Crippen molar-refractivity contribution in [3.8, 4) is 0 Å². The summed E-state index contributed by atoms with van der Waals surface area (Å²) < 4.78 is 0. The van der Waals surface area contributed by atoms with Gasteiger partial charge in [0.15, 0.2) is 5.16 Å². The van der Waals surface area contributed by atoms with Crippen LogP contribution in [0.1, 0.15) is 21.5 Å². The average Bonchev–Trinajstić information content (AvgIpc) is 2.93.